The van der Waals surface area contributed by atoms with E-state index < -0.39 is 42.3 Å². The van der Waals surface area contributed by atoms with E-state index in [-0.39, 0.29) is 24.7 Å². The Labute approximate surface area is 192 Å². The summed E-state index contributed by atoms with van der Waals surface area (Å²) in [4.78, 5) is 15.0. The van der Waals surface area contributed by atoms with Crippen LogP contribution < -0.4 is 16.8 Å². The maximum absolute atomic E-state index is 15.1. The highest BCUT2D eigenvalue weighted by molar-refractivity contribution is 5.92. The average molecular weight is 463 g/mol. The minimum atomic E-state index is -1.14. The molecule has 180 valence electrons. The molecule has 2 aliphatic carbocycles. The first-order valence-corrected chi connectivity index (χ1v) is 11.9. The van der Waals surface area contributed by atoms with Gasteiger partial charge in [0, 0.05) is 36.9 Å². The van der Waals surface area contributed by atoms with Crippen molar-refractivity contribution in [2.75, 3.05) is 19.6 Å². The maximum atomic E-state index is 15.1. The van der Waals surface area contributed by atoms with Crippen molar-refractivity contribution in [2.24, 2.45) is 29.2 Å². The third-order valence-electron chi connectivity index (χ3n) is 7.54. The van der Waals surface area contributed by atoms with Gasteiger partial charge in [0.25, 0.3) is 0 Å². The molecule has 7 atom stereocenters. The van der Waals surface area contributed by atoms with Crippen LogP contribution in [0.15, 0.2) is 46.8 Å². The number of hydrogen-bond acceptors (Lipinski definition) is 7. The van der Waals surface area contributed by atoms with Crippen LogP contribution in [0.25, 0.3) is 0 Å². The monoisotopic (exact) mass is 462 g/mol. The summed E-state index contributed by atoms with van der Waals surface area (Å²) >= 11 is 0. The van der Waals surface area contributed by atoms with Gasteiger partial charge in [0.05, 0.1) is 18.2 Å². The molecule has 0 radical (unpaired) electrons. The number of halogens is 2. The van der Waals surface area contributed by atoms with Crippen LogP contribution in [0.5, 0.6) is 0 Å². The molecule has 0 spiro atoms. The van der Waals surface area contributed by atoms with E-state index in [1.165, 1.54) is 12.3 Å². The van der Waals surface area contributed by atoms with Crippen LogP contribution in [-0.4, -0.2) is 55.0 Å². The molecule has 5 N–H and O–H groups in total. The number of allylic oxidation sites excluding steroid dienone is 1. The zero-order chi connectivity index (χ0) is 23.3. The Balaban J connectivity index is 1.52. The number of fused-ring (bicyclic) bond motifs is 3. The van der Waals surface area contributed by atoms with Crippen molar-refractivity contribution >= 4 is 5.97 Å². The summed E-state index contributed by atoms with van der Waals surface area (Å²) in [5, 5.41) is 3.25. The Morgan fingerprint density at radius 1 is 1.33 bits per heavy atom. The summed E-state index contributed by atoms with van der Waals surface area (Å²) in [7, 11) is 0. The molecule has 0 aromatic heterocycles. The molecule has 3 heterocycles. The van der Waals surface area contributed by atoms with Crippen molar-refractivity contribution in [1.29, 1.82) is 0 Å². The molecule has 5 rings (SSSR count). The highest BCUT2D eigenvalue weighted by atomic mass is 19.1. The predicted octanol–water partition coefficient (Wildman–Crippen LogP) is 2.13. The molecule has 33 heavy (non-hydrogen) atoms. The number of rotatable bonds is 6. The quantitative estimate of drug-likeness (QED) is 0.520. The van der Waals surface area contributed by atoms with Gasteiger partial charge in [0.1, 0.15) is 23.5 Å². The molecule has 0 aromatic carbocycles. The fraction of sp³-hybridized carbons (Fsp3) is 0.625. The van der Waals surface area contributed by atoms with Crippen molar-refractivity contribution in [3.05, 3.63) is 46.8 Å². The smallest absolute Gasteiger partial charge is 0.356 e. The fourth-order valence-corrected chi connectivity index (χ4v) is 5.86. The summed E-state index contributed by atoms with van der Waals surface area (Å²) in [6.07, 6.45) is 5.16. The van der Waals surface area contributed by atoms with E-state index in [2.05, 4.69) is 5.32 Å². The van der Waals surface area contributed by atoms with Crippen LogP contribution in [0, 0.1) is 17.8 Å². The number of carbonyl (C=O) groups is 1. The van der Waals surface area contributed by atoms with Crippen molar-refractivity contribution in [1.82, 2.24) is 10.2 Å². The van der Waals surface area contributed by atoms with E-state index in [9.17, 15) is 9.18 Å². The Morgan fingerprint density at radius 3 is 2.91 bits per heavy atom. The number of nitrogens with one attached hydrogen (secondary N) is 1. The zero-order valence-corrected chi connectivity index (χ0v) is 18.8. The van der Waals surface area contributed by atoms with E-state index in [0.29, 0.717) is 37.4 Å². The van der Waals surface area contributed by atoms with Gasteiger partial charge in [-0.3, -0.25) is 5.32 Å². The number of ether oxygens (including phenoxy) is 2. The molecule has 0 bridgehead atoms. The Morgan fingerprint density at radius 2 is 2.15 bits per heavy atom. The van der Waals surface area contributed by atoms with Gasteiger partial charge in [-0.25, -0.2) is 13.6 Å². The minimum Gasteiger partial charge on any atom is -0.469 e. The molecule has 9 heteroatoms. The SMILES string of the molecule is CCCNC1CC2=C(C(=O)O1)N(CC1CC(CN)C(N)C=C1F)C1CC(F)C3C=COC3=C21. The van der Waals surface area contributed by atoms with Gasteiger partial charge in [0.15, 0.2) is 6.23 Å². The minimum absolute atomic E-state index is 0.0451. The lowest BCUT2D eigenvalue weighted by molar-refractivity contribution is -0.149. The predicted molar refractivity (Wildman–Crippen MR) is 118 cm³/mol. The molecular weight excluding hydrogens is 430 g/mol. The number of esters is 1. The van der Waals surface area contributed by atoms with E-state index in [4.69, 9.17) is 20.9 Å². The second kappa shape index (κ2) is 8.85. The molecule has 0 aromatic rings. The Bertz CT molecular complexity index is 946. The summed E-state index contributed by atoms with van der Waals surface area (Å²) in [5.74, 6) is -1.16. The third-order valence-corrected chi connectivity index (χ3v) is 7.54. The van der Waals surface area contributed by atoms with Crippen LogP contribution in [0.2, 0.25) is 0 Å². The summed E-state index contributed by atoms with van der Waals surface area (Å²) in [6, 6.07) is -0.820. The van der Waals surface area contributed by atoms with Crippen LogP contribution in [0.1, 0.15) is 32.6 Å². The van der Waals surface area contributed by atoms with E-state index in [1.54, 1.807) is 6.08 Å². The molecule has 0 saturated heterocycles. The highest BCUT2D eigenvalue weighted by Gasteiger charge is 2.52. The number of nitrogens with two attached hydrogens (primary N) is 2. The van der Waals surface area contributed by atoms with Crippen LogP contribution in [0.3, 0.4) is 0 Å². The van der Waals surface area contributed by atoms with Crippen molar-refractivity contribution < 1.29 is 23.0 Å². The fourth-order valence-electron chi connectivity index (χ4n) is 5.86. The summed E-state index contributed by atoms with van der Waals surface area (Å²) < 4.78 is 41.5. The number of carbonyl (C=O) groups excluding carboxylic acids is 1. The second-order valence-electron chi connectivity index (χ2n) is 9.61. The first-order chi connectivity index (χ1) is 15.9. The Kier molecular flexibility index (Phi) is 6.05. The van der Waals surface area contributed by atoms with E-state index in [0.717, 1.165) is 17.6 Å². The van der Waals surface area contributed by atoms with E-state index >= 15 is 4.39 Å². The van der Waals surface area contributed by atoms with Crippen molar-refractivity contribution in [3.8, 4) is 0 Å². The van der Waals surface area contributed by atoms with Gasteiger partial charge in [-0.15, -0.1) is 0 Å². The highest BCUT2D eigenvalue weighted by Crippen LogP contribution is 2.50. The van der Waals surface area contributed by atoms with Gasteiger partial charge in [-0.05, 0) is 49.6 Å². The van der Waals surface area contributed by atoms with Crippen LogP contribution in [0.4, 0.5) is 8.78 Å². The van der Waals surface area contributed by atoms with Gasteiger partial charge in [-0.1, -0.05) is 6.92 Å². The topological polar surface area (TPSA) is 103 Å². The lowest BCUT2D eigenvalue weighted by Crippen LogP contribution is -2.46. The molecule has 0 amide bonds. The first-order valence-electron chi connectivity index (χ1n) is 11.9. The maximum Gasteiger partial charge on any atom is 0.356 e. The van der Waals surface area contributed by atoms with Gasteiger partial charge in [-0.2, -0.15) is 0 Å². The molecule has 3 aliphatic heterocycles. The standard InChI is InChI=1S/C24H32F2N4O3/c1-2-4-29-20-7-15-21-19(9-17(26)14-3-5-32-23(14)21)30(22(15)24(31)33-20)11-13-6-12(10-27)18(28)8-16(13)25/h3,5,8,12-14,17-20,29H,2,4,6-7,9-11,27-28H2,1H3. The number of hydrogen-bond donors (Lipinski definition) is 3. The number of cyclic esters (lactones) is 1. The zero-order valence-electron chi connectivity index (χ0n) is 18.8. The molecule has 7 nitrogen and oxygen atoms in total. The van der Waals surface area contributed by atoms with E-state index in [1.807, 2.05) is 11.8 Å². The third kappa shape index (κ3) is 3.80. The van der Waals surface area contributed by atoms with Crippen LogP contribution >= 0.6 is 0 Å². The molecule has 5 aliphatic rings. The lowest BCUT2D eigenvalue weighted by atomic mass is 9.80. The van der Waals surface area contributed by atoms with Gasteiger partial charge >= 0.3 is 5.97 Å². The molecule has 0 saturated carbocycles. The second-order valence-corrected chi connectivity index (χ2v) is 9.61. The first kappa shape index (κ1) is 22.6. The van der Waals surface area contributed by atoms with Crippen molar-refractivity contribution in [3.63, 3.8) is 0 Å². The normalized spacial score (nSPS) is 37.5. The summed E-state index contributed by atoms with van der Waals surface area (Å²) in [5.41, 5.74) is 14.0. The van der Waals surface area contributed by atoms with Gasteiger partial charge < -0.3 is 25.8 Å². The Hall–Kier alpha value is -2.23. The summed E-state index contributed by atoms with van der Waals surface area (Å²) in [6.45, 7) is 3.34. The molecular formula is C24H32F2N4O3. The molecule has 0 fully saturated rings. The molecule has 7 unspecified atom stereocenters. The number of alkyl halides is 1. The largest absolute Gasteiger partial charge is 0.469 e. The lowest BCUT2D eigenvalue weighted by Gasteiger charge is -2.38. The average Bonchev–Trinajstić information content (AvgIpc) is 3.38. The van der Waals surface area contributed by atoms with Crippen molar-refractivity contribution in [2.45, 2.75) is 57.1 Å². The van der Waals surface area contributed by atoms with Gasteiger partial charge in [0.2, 0.25) is 0 Å². The number of nitrogens with zero attached hydrogens (tertiary/aromatic N) is 1. The van der Waals surface area contributed by atoms with Crippen LogP contribution in [-0.2, 0) is 14.3 Å².